The Bertz CT molecular complexity index is 3300. The third-order valence-electron chi connectivity index (χ3n) is 14.2. The molecule has 3 aliphatic rings. The van der Waals surface area contributed by atoms with E-state index in [9.17, 15) is 0 Å². The molecule has 0 amide bonds. The molecule has 294 valence electrons. The van der Waals surface area contributed by atoms with Crippen LogP contribution in [0.3, 0.4) is 0 Å². The Morgan fingerprint density at radius 2 is 0.587 bits per heavy atom. The Morgan fingerprint density at radius 3 is 1.13 bits per heavy atom. The monoisotopic (exact) mass is 799 g/mol. The standard InChI is InChI=1S/C62H41N/c1-4-18-42(19-5-1)43-32-34-46(35-33-43)63(48-36-38-53-51-26-10-14-28-55(51)61(60(53)41-48,44-20-6-2-7-21-44)45-22-8-3-9-23-45)47-37-39-59-54(40-47)52-27-13-17-31-58(52)62(59)56-29-15-11-24-49(56)50-25-12-16-30-57(50)62/h1-41H. The molecule has 0 radical (unpaired) electrons. The highest BCUT2D eigenvalue weighted by molar-refractivity contribution is 5.97. The highest BCUT2D eigenvalue weighted by Gasteiger charge is 2.52. The van der Waals surface area contributed by atoms with Gasteiger partial charge in [-0.15, -0.1) is 0 Å². The maximum Gasteiger partial charge on any atom is 0.0725 e. The van der Waals surface area contributed by atoms with Crippen LogP contribution >= 0.6 is 0 Å². The van der Waals surface area contributed by atoms with Crippen molar-refractivity contribution >= 4 is 17.1 Å². The molecule has 0 saturated heterocycles. The van der Waals surface area contributed by atoms with Crippen molar-refractivity contribution in [2.24, 2.45) is 0 Å². The molecule has 3 aliphatic carbocycles. The van der Waals surface area contributed by atoms with Gasteiger partial charge >= 0.3 is 0 Å². The molecular formula is C62H41N. The van der Waals surface area contributed by atoms with E-state index in [1.54, 1.807) is 0 Å². The first-order chi connectivity index (χ1) is 31.3. The minimum atomic E-state index is -0.514. The molecule has 1 heteroatoms. The van der Waals surface area contributed by atoms with Crippen molar-refractivity contribution in [1.82, 2.24) is 0 Å². The van der Waals surface area contributed by atoms with E-state index in [1.165, 1.54) is 89.0 Å². The van der Waals surface area contributed by atoms with Gasteiger partial charge in [0.15, 0.2) is 0 Å². The number of hydrogen-bond acceptors (Lipinski definition) is 1. The van der Waals surface area contributed by atoms with Crippen molar-refractivity contribution in [3.63, 3.8) is 0 Å². The summed E-state index contributed by atoms with van der Waals surface area (Å²) in [5.74, 6) is 0. The molecule has 13 rings (SSSR count). The highest BCUT2D eigenvalue weighted by Crippen LogP contribution is 2.63. The third kappa shape index (κ3) is 4.94. The maximum absolute atomic E-state index is 2.48. The lowest BCUT2D eigenvalue weighted by Crippen LogP contribution is -2.28. The van der Waals surface area contributed by atoms with Gasteiger partial charge in [0.25, 0.3) is 0 Å². The Balaban J connectivity index is 1.06. The summed E-state index contributed by atoms with van der Waals surface area (Å²) in [6, 6.07) is 92.6. The highest BCUT2D eigenvalue weighted by atomic mass is 15.1. The summed E-state index contributed by atoms with van der Waals surface area (Å²) in [7, 11) is 0. The molecule has 0 atom stereocenters. The molecule has 63 heavy (non-hydrogen) atoms. The van der Waals surface area contributed by atoms with Gasteiger partial charge < -0.3 is 4.90 Å². The number of benzene rings is 10. The van der Waals surface area contributed by atoms with Crippen LogP contribution in [-0.2, 0) is 10.8 Å². The minimum absolute atomic E-state index is 0.399. The van der Waals surface area contributed by atoms with Gasteiger partial charge in [-0.1, -0.05) is 212 Å². The van der Waals surface area contributed by atoms with Gasteiger partial charge in [-0.2, -0.15) is 0 Å². The topological polar surface area (TPSA) is 3.24 Å². The van der Waals surface area contributed by atoms with E-state index in [0.717, 1.165) is 17.1 Å². The fourth-order valence-corrected chi connectivity index (χ4v) is 11.7. The number of fused-ring (bicyclic) bond motifs is 13. The zero-order valence-corrected chi connectivity index (χ0v) is 34.6. The van der Waals surface area contributed by atoms with Crippen LogP contribution in [0.4, 0.5) is 17.1 Å². The second kappa shape index (κ2) is 13.8. The molecule has 0 aromatic heterocycles. The number of hydrogen-bond donors (Lipinski definition) is 0. The summed E-state index contributed by atoms with van der Waals surface area (Å²) < 4.78 is 0. The number of anilines is 3. The third-order valence-corrected chi connectivity index (χ3v) is 14.2. The fraction of sp³-hybridized carbons (Fsp3) is 0.0323. The normalized spacial score (nSPS) is 14.0. The first-order valence-electron chi connectivity index (χ1n) is 22.0. The Morgan fingerprint density at radius 1 is 0.222 bits per heavy atom. The lowest BCUT2D eigenvalue weighted by Gasteiger charge is -2.35. The van der Waals surface area contributed by atoms with Crippen LogP contribution < -0.4 is 4.90 Å². The molecule has 1 nitrogen and oxygen atoms in total. The van der Waals surface area contributed by atoms with Crippen LogP contribution in [-0.4, -0.2) is 0 Å². The predicted molar refractivity (Wildman–Crippen MR) is 260 cm³/mol. The second-order valence-electron chi connectivity index (χ2n) is 17.1. The lowest BCUT2D eigenvalue weighted by molar-refractivity contribution is 0.768. The Kier molecular flexibility index (Phi) is 7.80. The largest absolute Gasteiger partial charge is 0.310 e. The molecule has 10 aromatic carbocycles. The maximum atomic E-state index is 2.48. The van der Waals surface area contributed by atoms with Crippen LogP contribution in [0.5, 0.6) is 0 Å². The summed E-state index contributed by atoms with van der Waals surface area (Å²) in [5, 5.41) is 0. The predicted octanol–water partition coefficient (Wildman–Crippen LogP) is 15.5. The molecule has 1 spiro atoms. The van der Waals surface area contributed by atoms with E-state index in [-0.39, 0.29) is 0 Å². The van der Waals surface area contributed by atoms with Gasteiger partial charge in [0.1, 0.15) is 0 Å². The van der Waals surface area contributed by atoms with Crippen molar-refractivity contribution < 1.29 is 0 Å². The Labute approximate surface area is 368 Å². The Hall–Kier alpha value is -8.00. The van der Waals surface area contributed by atoms with Crippen LogP contribution in [0.1, 0.15) is 44.5 Å². The average Bonchev–Trinajstić information content (AvgIpc) is 3.95. The molecule has 0 aliphatic heterocycles. The van der Waals surface area contributed by atoms with E-state index in [2.05, 4.69) is 254 Å². The van der Waals surface area contributed by atoms with Gasteiger partial charge in [-0.05, 0) is 125 Å². The van der Waals surface area contributed by atoms with Crippen molar-refractivity contribution in [1.29, 1.82) is 0 Å². The minimum Gasteiger partial charge on any atom is -0.310 e. The van der Waals surface area contributed by atoms with E-state index < -0.39 is 10.8 Å². The summed E-state index contributed by atoms with van der Waals surface area (Å²) in [6.07, 6.45) is 0. The van der Waals surface area contributed by atoms with Crippen molar-refractivity contribution in [3.05, 3.63) is 293 Å². The van der Waals surface area contributed by atoms with Crippen molar-refractivity contribution in [2.45, 2.75) is 10.8 Å². The molecule has 10 aromatic rings. The van der Waals surface area contributed by atoms with Crippen molar-refractivity contribution in [2.75, 3.05) is 4.90 Å². The van der Waals surface area contributed by atoms with Gasteiger partial charge in [0.2, 0.25) is 0 Å². The van der Waals surface area contributed by atoms with E-state index in [0.29, 0.717) is 0 Å². The van der Waals surface area contributed by atoms with Crippen LogP contribution in [0.2, 0.25) is 0 Å². The molecule has 0 fully saturated rings. The molecule has 0 unspecified atom stereocenters. The first kappa shape index (κ1) is 35.7. The SMILES string of the molecule is c1ccc(-c2ccc(N(c3ccc4c(c3)-c3ccccc3C43c4ccccc4-c4ccccc43)c3ccc4c(c3)C(c3ccccc3)(c3ccccc3)c3ccccc3-4)cc2)cc1. The number of nitrogens with zero attached hydrogens (tertiary/aromatic N) is 1. The average molecular weight is 800 g/mol. The molecule has 0 saturated carbocycles. The second-order valence-corrected chi connectivity index (χ2v) is 17.1. The van der Waals surface area contributed by atoms with Crippen LogP contribution in [0.25, 0.3) is 44.5 Å². The first-order valence-corrected chi connectivity index (χ1v) is 22.0. The summed E-state index contributed by atoms with van der Waals surface area (Å²) in [5.41, 5.74) is 23.1. The van der Waals surface area contributed by atoms with E-state index in [4.69, 9.17) is 0 Å². The van der Waals surface area contributed by atoms with Crippen LogP contribution in [0.15, 0.2) is 249 Å². The summed E-state index contributed by atoms with van der Waals surface area (Å²) >= 11 is 0. The fourth-order valence-electron chi connectivity index (χ4n) is 11.7. The molecule has 0 N–H and O–H groups in total. The number of rotatable bonds is 6. The van der Waals surface area contributed by atoms with Crippen LogP contribution in [0, 0.1) is 0 Å². The zero-order valence-electron chi connectivity index (χ0n) is 34.6. The van der Waals surface area contributed by atoms with Gasteiger partial charge in [-0.3, -0.25) is 0 Å². The summed E-state index contributed by atoms with van der Waals surface area (Å²) in [6.45, 7) is 0. The van der Waals surface area contributed by atoms with Gasteiger partial charge in [0.05, 0.1) is 10.8 Å². The lowest BCUT2D eigenvalue weighted by atomic mass is 9.67. The smallest absolute Gasteiger partial charge is 0.0725 e. The van der Waals surface area contributed by atoms with Gasteiger partial charge in [0, 0.05) is 17.1 Å². The van der Waals surface area contributed by atoms with E-state index >= 15 is 0 Å². The van der Waals surface area contributed by atoms with E-state index in [1.807, 2.05) is 0 Å². The molecule has 0 bridgehead atoms. The zero-order chi connectivity index (χ0) is 41.5. The van der Waals surface area contributed by atoms with Gasteiger partial charge in [-0.25, -0.2) is 0 Å². The quantitative estimate of drug-likeness (QED) is 0.162. The molecular weight excluding hydrogens is 759 g/mol. The van der Waals surface area contributed by atoms with Crippen molar-refractivity contribution in [3.8, 4) is 44.5 Å². The summed E-state index contributed by atoms with van der Waals surface area (Å²) in [4.78, 5) is 2.48. The molecule has 0 heterocycles.